The predicted molar refractivity (Wildman–Crippen MR) is 109 cm³/mol. The van der Waals surface area contributed by atoms with Gasteiger partial charge < -0.3 is 4.74 Å². The molecule has 6 heteroatoms. The lowest BCUT2D eigenvalue weighted by molar-refractivity contribution is 0.242. The molecule has 0 fully saturated rings. The van der Waals surface area contributed by atoms with Gasteiger partial charge in [-0.05, 0) is 31.2 Å². The number of fused-ring (bicyclic) bond motifs is 1. The fourth-order valence-corrected chi connectivity index (χ4v) is 3.63. The number of nitrogens with zero attached hydrogens (tertiary/aromatic N) is 5. The van der Waals surface area contributed by atoms with Crippen molar-refractivity contribution in [3.63, 3.8) is 0 Å². The van der Waals surface area contributed by atoms with Crippen molar-refractivity contribution < 1.29 is 4.74 Å². The van der Waals surface area contributed by atoms with E-state index in [2.05, 4.69) is 35.8 Å². The van der Waals surface area contributed by atoms with Gasteiger partial charge in [-0.15, -0.1) is 0 Å². The van der Waals surface area contributed by atoms with Crippen LogP contribution in [0, 0.1) is 6.92 Å². The van der Waals surface area contributed by atoms with Gasteiger partial charge in [0.1, 0.15) is 11.6 Å². The molecule has 1 aliphatic heterocycles. The summed E-state index contributed by atoms with van der Waals surface area (Å²) >= 11 is 0. The summed E-state index contributed by atoms with van der Waals surface area (Å²) in [5, 5.41) is 4.61. The standard InChI is InChI=1S/C22H27N5O/c1-15(2)22-23-11-18-14-26(10-9-21(18)25-22)13-17-12-24-27(16(17)3)19-5-7-20(28-4)8-6-19/h5-8,11-12,15H,9-10,13-14H2,1-4H3. The summed E-state index contributed by atoms with van der Waals surface area (Å²) < 4.78 is 7.23. The summed E-state index contributed by atoms with van der Waals surface area (Å²) in [5.74, 6) is 2.17. The molecular weight excluding hydrogens is 350 g/mol. The van der Waals surface area contributed by atoms with Gasteiger partial charge >= 0.3 is 0 Å². The third kappa shape index (κ3) is 3.64. The lowest BCUT2D eigenvalue weighted by Crippen LogP contribution is -2.31. The average Bonchev–Trinajstić information content (AvgIpc) is 3.07. The molecule has 3 heterocycles. The Morgan fingerprint density at radius 2 is 1.93 bits per heavy atom. The topological polar surface area (TPSA) is 56.1 Å². The molecule has 4 rings (SSSR count). The lowest BCUT2D eigenvalue weighted by atomic mass is 10.1. The highest BCUT2D eigenvalue weighted by Crippen LogP contribution is 2.23. The quantitative estimate of drug-likeness (QED) is 0.679. The second kappa shape index (κ2) is 7.72. The van der Waals surface area contributed by atoms with Crippen LogP contribution in [0.4, 0.5) is 0 Å². The van der Waals surface area contributed by atoms with Crippen molar-refractivity contribution in [3.05, 3.63) is 65.0 Å². The van der Waals surface area contributed by atoms with Gasteiger partial charge in [-0.25, -0.2) is 14.6 Å². The number of aromatic nitrogens is 4. The molecule has 0 bridgehead atoms. The van der Waals surface area contributed by atoms with E-state index >= 15 is 0 Å². The molecule has 3 aromatic rings. The number of rotatable bonds is 5. The summed E-state index contributed by atoms with van der Waals surface area (Å²) in [5.41, 5.74) is 5.92. The van der Waals surface area contributed by atoms with E-state index in [9.17, 15) is 0 Å². The molecule has 0 saturated heterocycles. The smallest absolute Gasteiger partial charge is 0.131 e. The summed E-state index contributed by atoms with van der Waals surface area (Å²) in [6.07, 6.45) is 4.97. The van der Waals surface area contributed by atoms with Crippen LogP contribution in [0.1, 0.15) is 48.1 Å². The molecule has 28 heavy (non-hydrogen) atoms. The first-order chi connectivity index (χ1) is 13.5. The van der Waals surface area contributed by atoms with Crippen molar-refractivity contribution in [2.45, 2.75) is 46.2 Å². The van der Waals surface area contributed by atoms with Gasteiger partial charge in [0.2, 0.25) is 0 Å². The third-order valence-corrected chi connectivity index (χ3v) is 5.37. The lowest BCUT2D eigenvalue weighted by Gasteiger charge is -2.28. The van der Waals surface area contributed by atoms with Gasteiger partial charge in [-0.2, -0.15) is 5.10 Å². The summed E-state index contributed by atoms with van der Waals surface area (Å²) in [4.78, 5) is 11.8. The maximum absolute atomic E-state index is 5.24. The summed E-state index contributed by atoms with van der Waals surface area (Å²) in [6.45, 7) is 9.19. The predicted octanol–water partition coefficient (Wildman–Crippen LogP) is 3.66. The highest BCUT2D eigenvalue weighted by molar-refractivity contribution is 5.39. The number of hydrogen-bond donors (Lipinski definition) is 0. The molecular formula is C22H27N5O. The van der Waals surface area contributed by atoms with Crippen molar-refractivity contribution in [1.82, 2.24) is 24.6 Å². The zero-order valence-corrected chi connectivity index (χ0v) is 17.0. The van der Waals surface area contributed by atoms with Crippen LogP contribution >= 0.6 is 0 Å². The molecule has 0 amide bonds. The molecule has 1 aromatic carbocycles. The molecule has 6 nitrogen and oxygen atoms in total. The molecule has 0 unspecified atom stereocenters. The highest BCUT2D eigenvalue weighted by atomic mass is 16.5. The number of hydrogen-bond acceptors (Lipinski definition) is 5. The SMILES string of the molecule is COc1ccc(-n2ncc(CN3CCc4nc(C(C)C)ncc4C3)c2C)cc1. The number of ether oxygens (including phenoxy) is 1. The zero-order chi connectivity index (χ0) is 19.7. The zero-order valence-electron chi connectivity index (χ0n) is 17.0. The summed E-state index contributed by atoms with van der Waals surface area (Å²) in [7, 11) is 1.68. The molecule has 0 radical (unpaired) electrons. The van der Waals surface area contributed by atoms with Gasteiger partial charge in [0.15, 0.2) is 0 Å². The van der Waals surface area contributed by atoms with Crippen LogP contribution in [0.2, 0.25) is 0 Å². The molecule has 0 spiro atoms. The summed E-state index contributed by atoms with van der Waals surface area (Å²) in [6, 6.07) is 7.99. The minimum atomic E-state index is 0.370. The van der Waals surface area contributed by atoms with Crippen LogP contribution in [-0.4, -0.2) is 38.3 Å². The molecule has 146 valence electrons. The van der Waals surface area contributed by atoms with Crippen molar-refractivity contribution in [2.75, 3.05) is 13.7 Å². The maximum atomic E-state index is 5.24. The van der Waals surface area contributed by atoms with Crippen molar-refractivity contribution in [1.29, 1.82) is 0 Å². The molecule has 0 atom stereocenters. The van der Waals surface area contributed by atoms with E-state index in [4.69, 9.17) is 9.72 Å². The molecule has 0 N–H and O–H groups in total. The van der Waals surface area contributed by atoms with Crippen LogP contribution in [0.25, 0.3) is 5.69 Å². The van der Waals surface area contributed by atoms with Crippen molar-refractivity contribution in [3.8, 4) is 11.4 Å². The first-order valence-corrected chi connectivity index (χ1v) is 9.80. The van der Waals surface area contributed by atoms with Crippen LogP contribution in [0.5, 0.6) is 5.75 Å². The Balaban J connectivity index is 1.49. The first-order valence-electron chi connectivity index (χ1n) is 9.80. The Bertz CT molecular complexity index is 962. The van der Waals surface area contributed by atoms with Crippen molar-refractivity contribution >= 4 is 0 Å². The Hall–Kier alpha value is -2.73. The number of benzene rings is 1. The van der Waals surface area contributed by atoms with Gasteiger partial charge in [-0.1, -0.05) is 13.8 Å². The molecule has 0 aliphatic carbocycles. The monoisotopic (exact) mass is 377 g/mol. The van der Waals surface area contributed by atoms with Crippen LogP contribution in [0.15, 0.2) is 36.7 Å². The second-order valence-electron chi connectivity index (χ2n) is 7.68. The Kier molecular flexibility index (Phi) is 5.13. The fraction of sp³-hybridized carbons (Fsp3) is 0.409. The van der Waals surface area contributed by atoms with E-state index < -0.39 is 0 Å². The molecule has 1 aliphatic rings. The minimum absolute atomic E-state index is 0.370. The van der Waals surface area contributed by atoms with Crippen LogP contribution < -0.4 is 4.74 Å². The third-order valence-electron chi connectivity index (χ3n) is 5.37. The largest absolute Gasteiger partial charge is 0.497 e. The Morgan fingerprint density at radius 1 is 1.14 bits per heavy atom. The normalized spacial score (nSPS) is 14.3. The number of methoxy groups -OCH3 is 1. The van der Waals surface area contributed by atoms with E-state index in [0.717, 1.165) is 43.3 Å². The highest BCUT2D eigenvalue weighted by Gasteiger charge is 2.20. The van der Waals surface area contributed by atoms with Crippen molar-refractivity contribution in [2.24, 2.45) is 0 Å². The molecule has 0 saturated carbocycles. The van der Waals surface area contributed by atoms with E-state index in [0.29, 0.717) is 5.92 Å². The van der Waals surface area contributed by atoms with Gasteiger partial charge in [0.05, 0.1) is 19.0 Å². The van der Waals surface area contributed by atoms with Crippen LogP contribution in [-0.2, 0) is 19.5 Å². The van der Waals surface area contributed by atoms with E-state index in [1.165, 1.54) is 22.5 Å². The van der Waals surface area contributed by atoms with Crippen LogP contribution in [0.3, 0.4) is 0 Å². The fourth-order valence-electron chi connectivity index (χ4n) is 3.63. The Labute approximate surface area is 166 Å². The average molecular weight is 377 g/mol. The van der Waals surface area contributed by atoms with Gasteiger partial charge in [0.25, 0.3) is 0 Å². The van der Waals surface area contributed by atoms with Gasteiger partial charge in [0, 0.05) is 60.7 Å². The second-order valence-corrected chi connectivity index (χ2v) is 7.68. The van der Waals surface area contributed by atoms with E-state index in [-0.39, 0.29) is 0 Å². The maximum Gasteiger partial charge on any atom is 0.131 e. The molecule has 2 aromatic heterocycles. The first kappa shape index (κ1) is 18.6. The Morgan fingerprint density at radius 3 is 2.64 bits per heavy atom. The van der Waals surface area contributed by atoms with E-state index in [1.807, 2.05) is 41.3 Å². The van der Waals surface area contributed by atoms with E-state index in [1.54, 1.807) is 7.11 Å². The van der Waals surface area contributed by atoms with Gasteiger partial charge in [-0.3, -0.25) is 4.90 Å². The minimum Gasteiger partial charge on any atom is -0.497 e.